The van der Waals surface area contributed by atoms with E-state index in [9.17, 15) is 21.6 Å². The van der Waals surface area contributed by atoms with Gasteiger partial charge in [0.1, 0.15) is 0 Å². The molecule has 0 radical (unpaired) electrons. The highest BCUT2D eigenvalue weighted by molar-refractivity contribution is 7.89. The van der Waals surface area contributed by atoms with Crippen molar-refractivity contribution in [1.82, 2.24) is 9.62 Å². The third kappa shape index (κ3) is 3.92. The van der Waals surface area contributed by atoms with Gasteiger partial charge in [0.15, 0.2) is 0 Å². The number of nitrogens with one attached hydrogen (secondary N) is 1. The van der Waals surface area contributed by atoms with Gasteiger partial charge in [0.05, 0.1) is 10.5 Å². The number of alkyl halides is 3. The van der Waals surface area contributed by atoms with Crippen LogP contribution < -0.4 is 5.32 Å². The van der Waals surface area contributed by atoms with Gasteiger partial charge in [0, 0.05) is 25.7 Å². The fourth-order valence-corrected chi connectivity index (χ4v) is 4.10. The van der Waals surface area contributed by atoms with Crippen LogP contribution in [0.2, 0.25) is 0 Å². The maximum absolute atomic E-state index is 12.6. The summed E-state index contributed by atoms with van der Waals surface area (Å²) in [5, 5.41) is 3.12. The monoisotopic (exact) mass is 358 g/mol. The minimum Gasteiger partial charge on any atom is -0.312 e. The zero-order valence-electron chi connectivity index (χ0n) is 12.1. The van der Waals surface area contributed by atoms with Crippen LogP contribution in [-0.4, -0.2) is 38.4 Å². The lowest BCUT2D eigenvalue weighted by molar-refractivity contribution is -0.137. The van der Waals surface area contributed by atoms with E-state index in [2.05, 4.69) is 5.32 Å². The van der Waals surface area contributed by atoms with Crippen LogP contribution in [0.25, 0.3) is 0 Å². The molecule has 1 aliphatic rings. The lowest BCUT2D eigenvalue weighted by atomic mass is 10.1. The van der Waals surface area contributed by atoms with Crippen LogP contribution in [0.1, 0.15) is 18.1 Å². The molecule has 1 N–H and O–H groups in total. The van der Waals surface area contributed by atoms with E-state index >= 15 is 0 Å². The second-order valence-corrected chi connectivity index (χ2v) is 7.10. The number of benzene rings is 1. The van der Waals surface area contributed by atoms with Crippen molar-refractivity contribution >= 4 is 22.4 Å². The van der Waals surface area contributed by atoms with Gasteiger partial charge in [-0.2, -0.15) is 17.5 Å². The fraction of sp³-hybridized carbons (Fsp3) is 0.538. The zero-order chi connectivity index (χ0) is 15.8. The number of halogens is 4. The molecule has 4 nitrogen and oxygen atoms in total. The number of rotatable bonds is 2. The highest BCUT2D eigenvalue weighted by Gasteiger charge is 2.33. The number of piperazine rings is 1. The number of sulfonamides is 1. The normalized spacial score (nSPS) is 20.5. The number of hydrogen-bond acceptors (Lipinski definition) is 3. The van der Waals surface area contributed by atoms with Gasteiger partial charge in [-0.1, -0.05) is 0 Å². The topological polar surface area (TPSA) is 49.4 Å². The first-order valence-corrected chi connectivity index (χ1v) is 7.98. The van der Waals surface area contributed by atoms with Crippen molar-refractivity contribution in [3.63, 3.8) is 0 Å². The Morgan fingerprint density at radius 2 is 1.95 bits per heavy atom. The van der Waals surface area contributed by atoms with E-state index in [1.165, 1.54) is 11.2 Å². The van der Waals surface area contributed by atoms with Crippen molar-refractivity contribution in [3.05, 3.63) is 29.3 Å². The molecule has 0 aromatic heterocycles. The summed E-state index contributed by atoms with van der Waals surface area (Å²) in [4.78, 5) is -0.0652. The van der Waals surface area contributed by atoms with Gasteiger partial charge in [-0.3, -0.25) is 0 Å². The number of hydrogen-bond donors (Lipinski definition) is 1. The first-order valence-electron chi connectivity index (χ1n) is 6.54. The van der Waals surface area contributed by atoms with Crippen molar-refractivity contribution in [1.29, 1.82) is 0 Å². The molecule has 126 valence electrons. The smallest absolute Gasteiger partial charge is 0.312 e. The molecular formula is C13H18ClF3N2O2S. The molecule has 0 spiro atoms. The van der Waals surface area contributed by atoms with E-state index in [0.29, 0.717) is 19.6 Å². The number of aryl methyl sites for hydroxylation is 1. The molecule has 1 aromatic rings. The standard InChI is InChI=1S/C13H17F3N2O2S.ClH/c1-9-7-11(13(14,15)16)3-4-12(9)21(19,20)18-6-5-17-10(2)8-18;/h3-4,7,10,17H,5-6,8H2,1-2H3;1H/t10-;/m0./s1. The quantitative estimate of drug-likeness (QED) is 0.883. The van der Waals surface area contributed by atoms with Crippen molar-refractivity contribution < 1.29 is 21.6 Å². The summed E-state index contributed by atoms with van der Waals surface area (Å²) in [5.41, 5.74) is -0.733. The molecule has 2 rings (SSSR count). The molecule has 0 aliphatic carbocycles. The van der Waals surface area contributed by atoms with Crippen LogP contribution in [0.4, 0.5) is 13.2 Å². The molecule has 22 heavy (non-hydrogen) atoms. The van der Waals surface area contributed by atoms with Crippen molar-refractivity contribution in [2.45, 2.75) is 31.0 Å². The van der Waals surface area contributed by atoms with Gasteiger partial charge in [0.25, 0.3) is 0 Å². The maximum Gasteiger partial charge on any atom is 0.416 e. The molecule has 1 atom stereocenters. The van der Waals surface area contributed by atoms with E-state index in [1.54, 1.807) is 0 Å². The summed E-state index contributed by atoms with van der Waals surface area (Å²) in [6.07, 6.45) is -4.48. The zero-order valence-corrected chi connectivity index (χ0v) is 13.8. The van der Waals surface area contributed by atoms with Crippen LogP contribution in [-0.2, 0) is 16.2 Å². The van der Waals surface area contributed by atoms with Gasteiger partial charge in [-0.25, -0.2) is 8.42 Å². The summed E-state index contributed by atoms with van der Waals surface area (Å²) in [7, 11) is -3.76. The van der Waals surface area contributed by atoms with Crippen LogP contribution in [0.3, 0.4) is 0 Å². The second kappa shape index (κ2) is 6.74. The minimum absolute atomic E-state index is 0. The molecule has 1 fully saturated rings. The Balaban J connectivity index is 0.00000242. The Kier molecular flexibility index (Phi) is 5.88. The van der Waals surface area contributed by atoms with Crippen molar-refractivity contribution in [3.8, 4) is 0 Å². The van der Waals surface area contributed by atoms with Crippen LogP contribution in [0, 0.1) is 6.92 Å². The van der Waals surface area contributed by atoms with E-state index in [1.807, 2.05) is 6.92 Å². The van der Waals surface area contributed by atoms with E-state index in [4.69, 9.17) is 0 Å². The van der Waals surface area contributed by atoms with Crippen LogP contribution >= 0.6 is 12.4 Å². The number of nitrogens with zero attached hydrogens (tertiary/aromatic N) is 1. The van der Waals surface area contributed by atoms with Crippen molar-refractivity contribution in [2.75, 3.05) is 19.6 Å². The first kappa shape index (κ1) is 19.2. The van der Waals surface area contributed by atoms with Crippen LogP contribution in [0.15, 0.2) is 23.1 Å². The Morgan fingerprint density at radius 3 is 2.45 bits per heavy atom. The maximum atomic E-state index is 12.6. The molecule has 0 bridgehead atoms. The van der Waals surface area contributed by atoms with Gasteiger partial charge in [-0.15, -0.1) is 12.4 Å². The molecule has 1 aromatic carbocycles. The largest absolute Gasteiger partial charge is 0.416 e. The summed E-state index contributed by atoms with van der Waals surface area (Å²) >= 11 is 0. The van der Waals surface area contributed by atoms with Gasteiger partial charge >= 0.3 is 6.18 Å². The van der Waals surface area contributed by atoms with Gasteiger partial charge in [-0.05, 0) is 37.6 Å². The molecule has 1 aliphatic heterocycles. The molecule has 9 heteroatoms. The first-order chi connectivity index (χ1) is 9.62. The molecule has 1 saturated heterocycles. The summed E-state index contributed by atoms with van der Waals surface area (Å²) in [6.45, 7) is 4.39. The SMILES string of the molecule is Cc1cc(C(F)(F)F)ccc1S(=O)(=O)N1CCN[C@@H](C)C1.Cl. The third-order valence-electron chi connectivity index (χ3n) is 3.45. The molecule has 0 unspecified atom stereocenters. The predicted octanol–water partition coefficient (Wildman–Crippen LogP) is 2.42. The molecular weight excluding hydrogens is 341 g/mol. The fourth-order valence-electron chi connectivity index (χ4n) is 2.37. The Hall–Kier alpha value is -0.830. The highest BCUT2D eigenvalue weighted by atomic mass is 35.5. The van der Waals surface area contributed by atoms with E-state index < -0.39 is 21.8 Å². The average molecular weight is 359 g/mol. The third-order valence-corrected chi connectivity index (χ3v) is 5.48. The lowest BCUT2D eigenvalue weighted by Crippen LogP contribution is -2.51. The minimum atomic E-state index is -4.48. The predicted molar refractivity (Wildman–Crippen MR) is 79.7 cm³/mol. The van der Waals surface area contributed by atoms with E-state index in [0.717, 1.165) is 18.2 Å². The van der Waals surface area contributed by atoms with Gasteiger partial charge < -0.3 is 5.32 Å². The summed E-state index contributed by atoms with van der Waals surface area (Å²) in [5.74, 6) is 0. The average Bonchev–Trinajstić information content (AvgIpc) is 2.37. The van der Waals surface area contributed by atoms with Crippen molar-refractivity contribution in [2.24, 2.45) is 0 Å². The summed E-state index contributed by atoms with van der Waals surface area (Å²) < 4.78 is 64.3. The van der Waals surface area contributed by atoms with E-state index in [-0.39, 0.29) is 28.9 Å². The Bertz CT molecular complexity index is 635. The highest BCUT2D eigenvalue weighted by Crippen LogP contribution is 2.32. The molecule has 0 amide bonds. The lowest BCUT2D eigenvalue weighted by Gasteiger charge is -2.31. The Morgan fingerprint density at radius 1 is 1.32 bits per heavy atom. The Labute approximate surface area is 134 Å². The summed E-state index contributed by atoms with van der Waals surface area (Å²) in [6, 6.07) is 2.74. The van der Waals surface area contributed by atoms with Crippen LogP contribution in [0.5, 0.6) is 0 Å². The molecule has 0 saturated carbocycles. The van der Waals surface area contributed by atoms with Gasteiger partial charge in [0.2, 0.25) is 10.0 Å². The molecule has 1 heterocycles. The second-order valence-electron chi connectivity index (χ2n) is 5.20.